The van der Waals surface area contributed by atoms with Crippen LogP contribution in [0.5, 0.6) is 0 Å². The normalized spacial score (nSPS) is 15.5. The van der Waals surface area contributed by atoms with E-state index in [0.717, 1.165) is 38.3 Å². The second-order valence-corrected chi connectivity index (χ2v) is 7.25. The van der Waals surface area contributed by atoms with Crippen LogP contribution in [0.3, 0.4) is 0 Å². The molecule has 1 aliphatic heterocycles. The molecule has 0 bridgehead atoms. The molecule has 1 amide bonds. The van der Waals surface area contributed by atoms with Crippen molar-refractivity contribution in [2.45, 2.75) is 18.4 Å². The third-order valence-corrected chi connectivity index (χ3v) is 5.54. The van der Waals surface area contributed by atoms with Crippen LogP contribution in [0.2, 0.25) is 0 Å². The van der Waals surface area contributed by atoms with Crippen LogP contribution < -0.4 is 4.90 Å². The highest BCUT2D eigenvalue weighted by Gasteiger charge is 2.24. The van der Waals surface area contributed by atoms with Gasteiger partial charge in [-0.3, -0.25) is 4.79 Å². The van der Waals surface area contributed by atoms with Gasteiger partial charge in [0.15, 0.2) is 0 Å². The Morgan fingerprint density at radius 3 is 2.38 bits per heavy atom. The number of carbonyl (C=O) groups is 1. The van der Waals surface area contributed by atoms with Gasteiger partial charge in [0.25, 0.3) is 5.91 Å². The maximum atomic E-state index is 12.6. The summed E-state index contributed by atoms with van der Waals surface area (Å²) in [6, 6.07) is 16.5. The Kier molecular flexibility index (Phi) is 5.59. The molecular formula is C20H25N2OS+. The van der Waals surface area contributed by atoms with E-state index in [1.54, 1.807) is 16.7 Å². The number of piperazine rings is 1. The highest BCUT2D eigenvalue weighted by molar-refractivity contribution is 7.98. The molecule has 0 aromatic heterocycles. The zero-order valence-electron chi connectivity index (χ0n) is 14.4. The second-order valence-electron chi connectivity index (χ2n) is 6.37. The van der Waals surface area contributed by atoms with Gasteiger partial charge in [0.2, 0.25) is 0 Å². The van der Waals surface area contributed by atoms with Crippen LogP contribution in [0.4, 0.5) is 0 Å². The molecule has 1 heterocycles. The first-order valence-corrected chi connectivity index (χ1v) is 9.71. The lowest BCUT2D eigenvalue weighted by atomic mass is 10.1. The number of nitrogens with one attached hydrogen (secondary N) is 1. The van der Waals surface area contributed by atoms with E-state index in [4.69, 9.17) is 0 Å². The van der Waals surface area contributed by atoms with E-state index in [2.05, 4.69) is 31.2 Å². The van der Waals surface area contributed by atoms with Gasteiger partial charge < -0.3 is 9.80 Å². The van der Waals surface area contributed by atoms with Crippen molar-refractivity contribution in [3.63, 3.8) is 0 Å². The Morgan fingerprint density at radius 1 is 1.08 bits per heavy atom. The van der Waals surface area contributed by atoms with Crippen molar-refractivity contribution in [2.75, 3.05) is 32.4 Å². The minimum atomic E-state index is 0.164. The maximum Gasteiger partial charge on any atom is 0.254 e. The highest BCUT2D eigenvalue weighted by atomic mass is 32.2. The molecule has 0 aliphatic carbocycles. The Bertz CT molecular complexity index is 691. The fraction of sp³-hybridized carbons (Fsp3) is 0.350. The Hall–Kier alpha value is -1.78. The number of carbonyl (C=O) groups excluding carboxylic acids is 1. The third kappa shape index (κ3) is 4.00. The first-order valence-electron chi connectivity index (χ1n) is 8.49. The van der Waals surface area contributed by atoms with E-state index in [0.29, 0.717) is 0 Å². The number of hydrogen-bond donors (Lipinski definition) is 1. The number of thioether (sulfide) groups is 1. The molecule has 1 fully saturated rings. The van der Waals surface area contributed by atoms with Gasteiger partial charge in [-0.15, -0.1) is 11.8 Å². The average Bonchev–Trinajstić information content (AvgIpc) is 2.64. The average molecular weight is 342 g/mol. The SMILES string of the molecule is CSc1ccc(C(=O)N2CC[NH+](Cc3ccccc3C)CC2)cc1. The summed E-state index contributed by atoms with van der Waals surface area (Å²) in [5.74, 6) is 0.164. The molecule has 0 unspecified atom stereocenters. The van der Waals surface area contributed by atoms with Gasteiger partial charge in [0.05, 0.1) is 26.2 Å². The quantitative estimate of drug-likeness (QED) is 0.863. The van der Waals surface area contributed by atoms with Gasteiger partial charge in [0, 0.05) is 16.0 Å². The largest absolute Gasteiger partial charge is 0.328 e. The highest BCUT2D eigenvalue weighted by Crippen LogP contribution is 2.16. The summed E-state index contributed by atoms with van der Waals surface area (Å²) in [5.41, 5.74) is 3.58. The maximum absolute atomic E-state index is 12.6. The van der Waals surface area contributed by atoms with Crippen molar-refractivity contribution >= 4 is 17.7 Å². The summed E-state index contributed by atoms with van der Waals surface area (Å²) in [6.07, 6.45) is 2.05. The van der Waals surface area contributed by atoms with E-state index in [-0.39, 0.29) is 5.91 Å². The number of benzene rings is 2. The standard InChI is InChI=1S/C20H24N2OS/c1-16-5-3-4-6-18(16)15-21-11-13-22(14-12-21)20(23)17-7-9-19(24-2)10-8-17/h3-10H,11-15H2,1-2H3/p+1. The molecule has 3 rings (SSSR count). The van der Waals surface area contributed by atoms with Crippen molar-refractivity contribution in [1.82, 2.24) is 4.90 Å². The van der Waals surface area contributed by atoms with Crippen molar-refractivity contribution in [2.24, 2.45) is 0 Å². The van der Waals surface area contributed by atoms with E-state index >= 15 is 0 Å². The summed E-state index contributed by atoms with van der Waals surface area (Å²) < 4.78 is 0. The van der Waals surface area contributed by atoms with Crippen LogP contribution >= 0.6 is 11.8 Å². The van der Waals surface area contributed by atoms with Gasteiger partial charge >= 0.3 is 0 Å². The van der Waals surface area contributed by atoms with Crippen molar-refractivity contribution in [3.05, 3.63) is 65.2 Å². The molecule has 0 radical (unpaired) electrons. The minimum Gasteiger partial charge on any atom is -0.328 e. The van der Waals surface area contributed by atoms with Crippen LogP contribution in [-0.2, 0) is 6.54 Å². The van der Waals surface area contributed by atoms with Gasteiger partial charge in [-0.05, 0) is 43.0 Å². The predicted molar refractivity (Wildman–Crippen MR) is 99.7 cm³/mol. The van der Waals surface area contributed by atoms with Gasteiger partial charge in [0.1, 0.15) is 6.54 Å². The predicted octanol–water partition coefficient (Wildman–Crippen LogP) is 2.26. The fourth-order valence-corrected chi connectivity index (χ4v) is 3.61. The summed E-state index contributed by atoms with van der Waals surface area (Å²) in [6.45, 7) is 6.94. The minimum absolute atomic E-state index is 0.164. The lowest BCUT2D eigenvalue weighted by Crippen LogP contribution is -3.13. The summed E-state index contributed by atoms with van der Waals surface area (Å²) >= 11 is 1.70. The molecule has 1 N–H and O–H groups in total. The first-order chi connectivity index (χ1) is 11.7. The Morgan fingerprint density at radius 2 is 1.75 bits per heavy atom. The molecule has 1 saturated heterocycles. The first kappa shape index (κ1) is 17.1. The molecule has 0 spiro atoms. The monoisotopic (exact) mass is 341 g/mol. The van der Waals surface area contributed by atoms with Crippen molar-refractivity contribution < 1.29 is 9.69 Å². The molecule has 0 saturated carbocycles. The zero-order chi connectivity index (χ0) is 16.9. The number of hydrogen-bond acceptors (Lipinski definition) is 2. The molecule has 0 atom stereocenters. The van der Waals surface area contributed by atoms with E-state index < -0.39 is 0 Å². The lowest BCUT2D eigenvalue weighted by Gasteiger charge is -2.32. The number of nitrogens with zero attached hydrogens (tertiary/aromatic N) is 1. The van der Waals surface area contributed by atoms with Crippen LogP contribution in [0.1, 0.15) is 21.5 Å². The third-order valence-electron chi connectivity index (χ3n) is 4.80. The summed E-state index contributed by atoms with van der Waals surface area (Å²) in [4.78, 5) is 17.4. The molecule has 126 valence electrons. The molecule has 4 heteroatoms. The van der Waals surface area contributed by atoms with Crippen LogP contribution in [-0.4, -0.2) is 43.2 Å². The molecule has 2 aromatic carbocycles. The van der Waals surface area contributed by atoms with Crippen LogP contribution in [0.15, 0.2) is 53.4 Å². The fourth-order valence-electron chi connectivity index (χ4n) is 3.20. The number of rotatable bonds is 4. The van der Waals surface area contributed by atoms with Gasteiger partial charge in [-0.25, -0.2) is 0 Å². The molecule has 24 heavy (non-hydrogen) atoms. The summed E-state index contributed by atoms with van der Waals surface area (Å²) in [5, 5.41) is 0. The zero-order valence-corrected chi connectivity index (χ0v) is 15.2. The lowest BCUT2D eigenvalue weighted by molar-refractivity contribution is -0.917. The number of amides is 1. The van der Waals surface area contributed by atoms with E-state index in [9.17, 15) is 4.79 Å². The molecule has 2 aromatic rings. The van der Waals surface area contributed by atoms with Gasteiger partial charge in [-0.1, -0.05) is 24.3 Å². The van der Waals surface area contributed by atoms with Crippen LogP contribution in [0, 0.1) is 6.92 Å². The summed E-state index contributed by atoms with van der Waals surface area (Å²) in [7, 11) is 0. The smallest absolute Gasteiger partial charge is 0.254 e. The number of aryl methyl sites for hydroxylation is 1. The molecule has 3 nitrogen and oxygen atoms in total. The topological polar surface area (TPSA) is 24.8 Å². The molecule has 1 aliphatic rings. The van der Waals surface area contributed by atoms with Crippen molar-refractivity contribution in [3.8, 4) is 0 Å². The molecular weight excluding hydrogens is 316 g/mol. The Labute approximate surface area is 148 Å². The van der Waals surface area contributed by atoms with E-state index in [1.165, 1.54) is 16.0 Å². The van der Waals surface area contributed by atoms with Gasteiger partial charge in [-0.2, -0.15) is 0 Å². The van der Waals surface area contributed by atoms with Crippen molar-refractivity contribution in [1.29, 1.82) is 0 Å². The van der Waals surface area contributed by atoms with Crippen LogP contribution in [0.25, 0.3) is 0 Å². The number of quaternary nitrogens is 1. The second kappa shape index (κ2) is 7.86. The van der Waals surface area contributed by atoms with E-state index in [1.807, 2.05) is 35.4 Å². The Balaban J connectivity index is 1.56.